The highest BCUT2D eigenvalue weighted by atomic mass is 16.6. The van der Waals surface area contributed by atoms with Gasteiger partial charge in [0.25, 0.3) is 0 Å². The monoisotopic (exact) mass is 713 g/mol. The second-order valence-corrected chi connectivity index (χ2v) is 14.5. The van der Waals surface area contributed by atoms with E-state index in [0.29, 0.717) is 44.9 Å². The minimum atomic E-state index is -3.32. The second-order valence-electron chi connectivity index (χ2n) is 14.5. The van der Waals surface area contributed by atoms with Crippen LogP contribution in [0.4, 0.5) is 0 Å². The second kappa shape index (κ2) is 29.9. The lowest BCUT2D eigenvalue weighted by Crippen LogP contribution is -2.76. The summed E-state index contributed by atoms with van der Waals surface area (Å²) in [5, 5.41) is 46.8. The summed E-state index contributed by atoms with van der Waals surface area (Å²) in [5.41, 5.74) is -6.56. The third-order valence-corrected chi connectivity index (χ3v) is 10.1. The molecule has 0 aromatic carbocycles. The van der Waals surface area contributed by atoms with E-state index in [-0.39, 0.29) is 25.7 Å². The number of ketones is 3. The van der Waals surface area contributed by atoms with E-state index in [1.54, 1.807) is 0 Å². The third kappa shape index (κ3) is 17.7. The van der Waals surface area contributed by atoms with Gasteiger partial charge in [0.2, 0.25) is 5.60 Å². The maximum atomic E-state index is 14.1. The van der Waals surface area contributed by atoms with Gasteiger partial charge in [-0.2, -0.15) is 0 Å². The lowest BCUT2D eigenvalue weighted by Gasteiger charge is -2.46. The zero-order valence-electron chi connectivity index (χ0n) is 32.5. The Morgan fingerprint density at radius 2 is 0.800 bits per heavy atom. The molecule has 0 aliphatic heterocycles. The smallest absolute Gasteiger partial charge is 0.306 e. The van der Waals surface area contributed by atoms with Crippen molar-refractivity contribution in [1.82, 2.24) is 0 Å². The summed E-state index contributed by atoms with van der Waals surface area (Å²) < 4.78 is 5.51. The van der Waals surface area contributed by atoms with E-state index >= 15 is 0 Å². The first-order chi connectivity index (χ1) is 24.0. The van der Waals surface area contributed by atoms with Crippen LogP contribution < -0.4 is 0 Å². The molecule has 9 nitrogen and oxygen atoms in total. The van der Waals surface area contributed by atoms with Crippen molar-refractivity contribution in [3.63, 3.8) is 0 Å². The molecule has 294 valence electrons. The standard InChI is InChI=1S/C41H76O9/c1-5-9-13-17-21-25-29-34(43)39(47)41(49,36(45)31-27-23-19-15-11-7-3)40(48,35(44)30-26-22-18-14-10-6-2)37(33-42)50-38(46)32-28-24-20-16-12-8-4/h37,39,42,47-49H,5-33H2,1-4H3/t37-,39?,40+,41+/m1/s1. The molecule has 4 N–H and O–H groups in total. The van der Waals surface area contributed by atoms with Crippen LogP contribution in [-0.4, -0.2) is 73.8 Å². The normalized spacial score (nSPS) is 15.2. The van der Waals surface area contributed by atoms with Crippen molar-refractivity contribution in [3.05, 3.63) is 0 Å². The van der Waals surface area contributed by atoms with Crippen LogP contribution in [0.15, 0.2) is 0 Å². The molecule has 0 amide bonds. The number of Topliss-reactive ketones (excluding diaryl/α,β-unsaturated/α-hetero) is 3. The van der Waals surface area contributed by atoms with Gasteiger partial charge in [-0.15, -0.1) is 0 Å². The van der Waals surface area contributed by atoms with E-state index < -0.39 is 53.3 Å². The van der Waals surface area contributed by atoms with Crippen LogP contribution in [0.2, 0.25) is 0 Å². The highest BCUT2D eigenvalue weighted by Gasteiger charge is 2.68. The Hall–Kier alpha value is -1.68. The van der Waals surface area contributed by atoms with E-state index in [1.165, 1.54) is 0 Å². The number of carbonyl (C=O) groups excluding carboxylic acids is 4. The number of aliphatic hydroxyl groups is 4. The first-order valence-corrected chi connectivity index (χ1v) is 20.5. The Morgan fingerprint density at radius 1 is 0.480 bits per heavy atom. The summed E-state index contributed by atoms with van der Waals surface area (Å²) in [5.74, 6) is -3.78. The summed E-state index contributed by atoms with van der Waals surface area (Å²) in [6, 6.07) is 0. The third-order valence-electron chi connectivity index (χ3n) is 10.1. The summed E-state index contributed by atoms with van der Waals surface area (Å²) >= 11 is 0. The Kier molecular flexibility index (Phi) is 28.8. The van der Waals surface area contributed by atoms with Crippen molar-refractivity contribution < 1.29 is 44.3 Å². The Balaban J connectivity index is 6.46. The van der Waals surface area contributed by atoms with Crippen molar-refractivity contribution in [2.75, 3.05) is 6.61 Å². The van der Waals surface area contributed by atoms with Gasteiger partial charge in [-0.25, -0.2) is 0 Å². The Morgan fingerprint density at radius 3 is 1.18 bits per heavy atom. The molecule has 9 heteroatoms. The van der Waals surface area contributed by atoms with Crippen LogP contribution >= 0.6 is 0 Å². The lowest BCUT2D eigenvalue weighted by atomic mass is 9.67. The largest absolute Gasteiger partial charge is 0.456 e. The van der Waals surface area contributed by atoms with E-state index in [9.17, 15) is 39.6 Å². The Bertz CT molecular complexity index is 906. The maximum absolute atomic E-state index is 14.1. The summed E-state index contributed by atoms with van der Waals surface area (Å²) in [6.45, 7) is 7.30. The zero-order chi connectivity index (χ0) is 37.7. The first-order valence-electron chi connectivity index (χ1n) is 20.5. The molecule has 0 aliphatic carbocycles. The van der Waals surface area contributed by atoms with Crippen LogP contribution in [0, 0.1) is 0 Å². The van der Waals surface area contributed by atoms with Crippen LogP contribution in [0.5, 0.6) is 0 Å². The van der Waals surface area contributed by atoms with Crippen LogP contribution in [0.3, 0.4) is 0 Å². The fourth-order valence-electron chi connectivity index (χ4n) is 6.70. The predicted octanol–water partition coefficient (Wildman–Crippen LogP) is 8.42. The van der Waals surface area contributed by atoms with Gasteiger partial charge in [0.05, 0.1) is 6.61 Å². The fourth-order valence-corrected chi connectivity index (χ4v) is 6.70. The average Bonchev–Trinajstić information content (AvgIpc) is 3.11. The molecular weight excluding hydrogens is 636 g/mol. The quantitative estimate of drug-likeness (QED) is 0.0370. The highest BCUT2D eigenvalue weighted by molar-refractivity contribution is 6.04. The number of hydrogen-bond donors (Lipinski definition) is 4. The van der Waals surface area contributed by atoms with E-state index in [2.05, 4.69) is 27.7 Å². The highest BCUT2D eigenvalue weighted by Crippen LogP contribution is 2.37. The van der Waals surface area contributed by atoms with Gasteiger partial charge in [-0.05, 0) is 25.7 Å². The topological polar surface area (TPSA) is 158 Å². The number of aliphatic hydroxyl groups excluding tert-OH is 2. The van der Waals surface area contributed by atoms with Gasteiger partial charge in [0.1, 0.15) is 0 Å². The van der Waals surface area contributed by atoms with Crippen molar-refractivity contribution in [2.24, 2.45) is 0 Å². The molecule has 0 aromatic heterocycles. The Labute approximate surface area is 304 Å². The van der Waals surface area contributed by atoms with Crippen molar-refractivity contribution in [2.45, 2.75) is 231 Å². The van der Waals surface area contributed by atoms with Crippen LogP contribution in [-0.2, 0) is 23.9 Å². The molecule has 0 bridgehead atoms. The number of esters is 1. The minimum absolute atomic E-state index is 0.0476. The fraction of sp³-hybridized carbons (Fsp3) is 0.902. The molecule has 0 rings (SSSR count). The van der Waals surface area contributed by atoms with Crippen LogP contribution in [0.1, 0.15) is 207 Å². The van der Waals surface area contributed by atoms with Gasteiger partial charge >= 0.3 is 5.97 Å². The van der Waals surface area contributed by atoms with Gasteiger partial charge in [0.15, 0.2) is 35.2 Å². The van der Waals surface area contributed by atoms with Gasteiger partial charge in [-0.3, -0.25) is 19.2 Å². The molecule has 0 saturated carbocycles. The molecule has 0 aromatic rings. The van der Waals surface area contributed by atoms with Crippen molar-refractivity contribution in [1.29, 1.82) is 0 Å². The van der Waals surface area contributed by atoms with Crippen molar-refractivity contribution >= 4 is 23.3 Å². The molecule has 0 radical (unpaired) electrons. The predicted molar refractivity (Wildman–Crippen MR) is 200 cm³/mol. The summed E-state index contributed by atoms with van der Waals surface area (Å²) in [4.78, 5) is 54.7. The zero-order valence-corrected chi connectivity index (χ0v) is 32.5. The molecule has 1 unspecified atom stereocenters. The number of unbranched alkanes of at least 4 members (excludes halogenated alkanes) is 20. The molecule has 0 heterocycles. The minimum Gasteiger partial charge on any atom is -0.456 e. The molecule has 0 saturated heterocycles. The molecule has 0 aliphatic rings. The number of carbonyl (C=O) groups is 4. The number of rotatable bonds is 36. The average molecular weight is 713 g/mol. The van der Waals surface area contributed by atoms with Gasteiger partial charge in [0, 0.05) is 25.7 Å². The molecule has 4 atom stereocenters. The van der Waals surface area contributed by atoms with Gasteiger partial charge in [-0.1, -0.05) is 156 Å². The number of hydrogen-bond acceptors (Lipinski definition) is 9. The summed E-state index contributed by atoms with van der Waals surface area (Å²) in [7, 11) is 0. The van der Waals surface area contributed by atoms with Crippen molar-refractivity contribution in [3.8, 4) is 0 Å². The molecule has 0 fully saturated rings. The SMILES string of the molecule is CCCCCCCCC(=O)O[C@H](CO)[C@@](O)(C(=O)CCCCCCCC)[C@](O)(C(=O)CCCCCCCC)C(O)C(=O)CCCCCCCC. The van der Waals surface area contributed by atoms with Crippen LogP contribution in [0.25, 0.3) is 0 Å². The number of ether oxygens (including phenoxy) is 1. The first kappa shape index (κ1) is 48.3. The summed E-state index contributed by atoms with van der Waals surface area (Å²) in [6.07, 6.45) is 14.9. The van der Waals surface area contributed by atoms with Gasteiger partial charge < -0.3 is 25.2 Å². The molecular formula is C41H76O9. The van der Waals surface area contributed by atoms with E-state index in [4.69, 9.17) is 4.74 Å². The van der Waals surface area contributed by atoms with E-state index in [0.717, 1.165) is 109 Å². The maximum Gasteiger partial charge on any atom is 0.306 e. The van der Waals surface area contributed by atoms with E-state index in [1.807, 2.05) is 0 Å². The lowest BCUT2D eigenvalue weighted by molar-refractivity contribution is -0.236. The molecule has 0 spiro atoms. The molecule has 50 heavy (non-hydrogen) atoms.